The van der Waals surface area contributed by atoms with Crippen LogP contribution in [0.5, 0.6) is 0 Å². The lowest BCUT2D eigenvalue weighted by molar-refractivity contribution is -0.119. The van der Waals surface area contributed by atoms with Gasteiger partial charge in [0.25, 0.3) is 0 Å². The molecule has 0 saturated carbocycles. The van der Waals surface area contributed by atoms with Gasteiger partial charge in [-0.15, -0.1) is 0 Å². The van der Waals surface area contributed by atoms with Crippen molar-refractivity contribution in [2.75, 3.05) is 26.2 Å². The number of carbonyl (C=O) groups is 1. The van der Waals surface area contributed by atoms with Crippen molar-refractivity contribution in [3.8, 4) is 0 Å². The van der Waals surface area contributed by atoms with Crippen molar-refractivity contribution in [1.29, 1.82) is 0 Å². The maximum Gasteiger partial charge on any atom is 0.242 e. The highest BCUT2D eigenvalue weighted by atomic mass is 16.3. The normalized spacial score (nSPS) is 12.7. The number of amides is 1. The van der Waals surface area contributed by atoms with Crippen LogP contribution in [-0.2, 0) is 11.3 Å². The van der Waals surface area contributed by atoms with Gasteiger partial charge in [-0.1, -0.05) is 13.3 Å². The third-order valence-electron chi connectivity index (χ3n) is 3.56. The lowest BCUT2D eigenvalue weighted by atomic mass is 10.0. The number of guanidine groups is 1. The number of aliphatic hydroxyl groups is 1. The Morgan fingerprint density at radius 2 is 2.12 bits per heavy atom. The zero-order valence-electron chi connectivity index (χ0n) is 14.7. The average Bonchev–Trinajstić information content (AvgIpc) is 3.09. The molecule has 0 aliphatic rings. The number of aliphatic imine (C=N–C) groups is 1. The minimum Gasteiger partial charge on any atom is -0.467 e. The van der Waals surface area contributed by atoms with Gasteiger partial charge >= 0.3 is 0 Å². The predicted octanol–water partition coefficient (Wildman–Crippen LogP) is 1.25. The number of hydrogen-bond acceptors (Lipinski definition) is 4. The van der Waals surface area contributed by atoms with E-state index in [0.717, 1.165) is 32.4 Å². The van der Waals surface area contributed by atoms with E-state index in [1.165, 1.54) is 0 Å². The molecule has 0 radical (unpaired) electrons. The SMILES string of the molecule is CCCC(CCO)CNC(=NCC(=O)NCc1ccco1)NCC. The Hall–Kier alpha value is -2.02. The molecule has 0 aromatic carbocycles. The largest absolute Gasteiger partial charge is 0.467 e. The first-order valence-corrected chi connectivity index (χ1v) is 8.61. The van der Waals surface area contributed by atoms with Crippen molar-refractivity contribution in [3.05, 3.63) is 24.2 Å². The summed E-state index contributed by atoms with van der Waals surface area (Å²) in [7, 11) is 0. The lowest BCUT2D eigenvalue weighted by Crippen LogP contribution is -2.40. The molecule has 1 atom stereocenters. The summed E-state index contributed by atoms with van der Waals surface area (Å²) < 4.78 is 5.16. The first-order chi connectivity index (χ1) is 11.7. The monoisotopic (exact) mass is 338 g/mol. The Balaban J connectivity index is 2.40. The zero-order valence-corrected chi connectivity index (χ0v) is 14.7. The fraction of sp³-hybridized carbons (Fsp3) is 0.647. The van der Waals surface area contributed by atoms with E-state index in [2.05, 4.69) is 27.9 Å². The molecular weight excluding hydrogens is 308 g/mol. The van der Waals surface area contributed by atoms with Gasteiger partial charge in [0.05, 0.1) is 12.8 Å². The van der Waals surface area contributed by atoms with E-state index < -0.39 is 0 Å². The lowest BCUT2D eigenvalue weighted by Gasteiger charge is -2.18. The number of nitrogens with zero attached hydrogens (tertiary/aromatic N) is 1. The molecule has 4 N–H and O–H groups in total. The number of aliphatic hydroxyl groups excluding tert-OH is 1. The van der Waals surface area contributed by atoms with Gasteiger partial charge in [0.15, 0.2) is 5.96 Å². The standard InChI is InChI=1S/C17H30N4O3/c1-3-6-14(8-9-22)11-20-17(18-4-2)21-13-16(23)19-12-15-7-5-10-24-15/h5,7,10,14,22H,3-4,6,8-9,11-13H2,1-2H3,(H,19,23)(H2,18,20,21). The van der Waals surface area contributed by atoms with Crippen molar-refractivity contribution in [2.45, 2.75) is 39.7 Å². The number of rotatable bonds is 11. The third kappa shape index (κ3) is 8.57. The summed E-state index contributed by atoms with van der Waals surface area (Å²) in [5.41, 5.74) is 0. The molecule has 1 rings (SSSR count). The maximum absolute atomic E-state index is 11.8. The highest BCUT2D eigenvalue weighted by molar-refractivity contribution is 5.84. The Kier molecular flexibility index (Phi) is 10.4. The van der Waals surface area contributed by atoms with E-state index >= 15 is 0 Å². The van der Waals surface area contributed by atoms with E-state index in [9.17, 15) is 4.79 Å². The molecule has 1 aromatic rings. The summed E-state index contributed by atoms with van der Waals surface area (Å²) in [6.07, 6.45) is 4.47. The van der Waals surface area contributed by atoms with Crippen LogP contribution in [0.25, 0.3) is 0 Å². The van der Waals surface area contributed by atoms with Crippen molar-refractivity contribution in [2.24, 2.45) is 10.9 Å². The van der Waals surface area contributed by atoms with Crippen molar-refractivity contribution in [3.63, 3.8) is 0 Å². The highest BCUT2D eigenvalue weighted by Gasteiger charge is 2.09. The van der Waals surface area contributed by atoms with Crippen LogP contribution in [0, 0.1) is 5.92 Å². The Morgan fingerprint density at radius 3 is 2.75 bits per heavy atom. The number of nitrogens with one attached hydrogen (secondary N) is 3. The number of furan rings is 1. The summed E-state index contributed by atoms with van der Waals surface area (Å²) in [5.74, 6) is 1.56. The summed E-state index contributed by atoms with van der Waals surface area (Å²) in [6, 6.07) is 3.59. The van der Waals surface area contributed by atoms with Crippen molar-refractivity contribution < 1.29 is 14.3 Å². The fourth-order valence-electron chi connectivity index (χ4n) is 2.33. The zero-order chi connectivity index (χ0) is 17.6. The summed E-state index contributed by atoms with van der Waals surface area (Å²) in [6.45, 7) is 6.16. The second-order valence-corrected chi connectivity index (χ2v) is 5.60. The van der Waals surface area contributed by atoms with Gasteiger partial charge in [0.2, 0.25) is 5.91 Å². The Morgan fingerprint density at radius 1 is 1.29 bits per heavy atom. The van der Waals surface area contributed by atoms with E-state index in [1.54, 1.807) is 12.3 Å². The van der Waals surface area contributed by atoms with E-state index in [1.807, 2.05) is 13.0 Å². The minimum absolute atomic E-state index is 0.0501. The van der Waals surface area contributed by atoms with Crippen LogP contribution in [0.4, 0.5) is 0 Å². The van der Waals surface area contributed by atoms with E-state index in [-0.39, 0.29) is 19.1 Å². The third-order valence-corrected chi connectivity index (χ3v) is 3.56. The van der Waals surface area contributed by atoms with Crippen LogP contribution in [0.3, 0.4) is 0 Å². The molecule has 7 nitrogen and oxygen atoms in total. The van der Waals surface area contributed by atoms with Crippen LogP contribution in [0.15, 0.2) is 27.8 Å². The Labute approximate surface area is 143 Å². The van der Waals surface area contributed by atoms with Gasteiger partial charge in [-0.2, -0.15) is 0 Å². The summed E-state index contributed by atoms with van der Waals surface area (Å²) >= 11 is 0. The van der Waals surface area contributed by atoms with Gasteiger partial charge in [-0.3, -0.25) is 4.79 Å². The van der Waals surface area contributed by atoms with Gasteiger partial charge in [-0.25, -0.2) is 4.99 Å². The van der Waals surface area contributed by atoms with Crippen molar-refractivity contribution >= 4 is 11.9 Å². The first-order valence-electron chi connectivity index (χ1n) is 8.61. The van der Waals surface area contributed by atoms with Crippen LogP contribution in [0.2, 0.25) is 0 Å². The number of hydrogen-bond donors (Lipinski definition) is 4. The molecule has 0 aliphatic carbocycles. The molecule has 0 spiro atoms. The molecule has 136 valence electrons. The molecule has 1 heterocycles. The van der Waals surface area contributed by atoms with Crippen LogP contribution in [-0.4, -0.2) is 43.2 Å². The first kappa shape index (κ1) is 20.0. The molecule has 1 unspecified atom stereocenters. The average molecular weight is 338 g/mol. The maximum atomic E-state index is 11.8. The minimum atomic E-state index is -0.163. The molecule has 1 amide bonds. The second kappa shape index (κ2) is 12.4. The van der Waals surface area contributed by atoms with Crippen LogP contribution >= 0.6 is 0 Å². The van der Waals surface area contributed by atoms with Crippen molar-refractivity contribution in [1.82, 2.24) is 16.0 Å². The Bertz CT molecular complexity index is 468. The van der Waals surface area contributed by atoms with Gasteiger partial charge < -0.3 is 25.5 Å². The molecule has 0 aliphatic heterocycles. The molecule has 0 bridgehead atoms. The quantitative estimate of drug-likeness (QED) is 0.359. The fourth-order valence-corrected chi connectivity index (χ4v) is 2.33. The molecule has 7 heteroatoms. The predicted molar refractivity (Wildman–Crippen MR) is 94.6 cm³/mol. The van der Waals surface area contributed by atoms with Crippen LogP contribution < -0.4 is 16.0 Å². The van der Waals surface area contributed by atoms with Crippen LogP contribution in [0.1, 0.15) is 38.9 Å². The highest BCUT2D eigenvalue weighted by Crippen LogP contribution is 2.09. The topological polar surface area (TPSA) is 98.9 Å². The second-order valence-electron chi connectivity index (χ2n) is 5.60. The molecule has 0 fully saturated rings. The van der Waals surface area contributed by atoms with E-state index in [4.69, 9.17) is 9.52 Å². The van der Waals surface area contributed by atoms with Gasteiger partial charge in [0.1, 0.15) is 12.3 Å². The number of carbonyl (C=O) groups excluding carboxylic acids is 1. The summed E-state index contributed by atoms with van der Waals surface area (Å²) in [4.78, 5) is 16.1. The molecular formula is C17H30N4O3. The molecule has 24 heavy (non-hydrogen) atoms. The molecule has 0 saturated heterocycles. The van der Waals surface area contributed by atoms with E-state index in [0.29, 0.717) is 24.2 Å². The summed E-state index contributed by atoms with van der Waals surface area (Å²) in [5, 5.41) is 18.2. The van der Waals surface area contributed by atoms with Gasteiger partial charge in [-0.05, 0) is 37.8 Å². The van der Waals surface area contributed by atoms with Gasteiger partial charge in [0, 0.05) is 19.7 Å². The molecule has 1 aromatic heterocycles. The smallest absolute Gasteiger partial charge is 0.242 e.